The van der Waals surface area contributed by atoms with Gasteiger partial charge in [-0.25, -0.2) is 5.10 Å². The first kappa shape index (κ1) is 16.4. The van der Waals surface area contributed by atoms with Crippen molar-refractivity contribution in [3.63, 3.8) is 0 Å². The number of amides is 1. The summed E-state index contributed by atoms with van der Waals surface area (Å²) in [6, 6.07) is 10.9. The molecule has 0 radical (unpaired) electrons. The molecule has 1 fully saturated rings. The number of rotatable bonds is 2. The van der Waals surface area contributed by atoms with E-state index in [1.165, 1.54) is 0 Å². The Kier molecular flexibility index (Phi) is 4.22. The second-order valence-corrected chi connectivity index (χ2v) is 6.29. The van der Waals surface area contributed by atoms with Crippen LogP contribution in [0, 0.1) is 6.92 Å². The van der Waals surface area contributed by atoms with Crippen LogP contribution in [-0.2, 0) is 4.74 Å². The highest BCUT2D eigenvalue weighted by Crippen LogP contribution is 2.24. The number of ether oxygens (including phenoxy) is 1. The van der Waals surface area contributed by atoms with Crippen LogP contribution in [0.2, 0.25) is 0 Å². The van der Waals surface area contributed by atoms with Crippen molar-refractivity contribution in [2.24, 2.45) is 0 Å². The van der Waals surface area contributed by atoms with Crippen molar-refractivity contribution in [3.8, 4) is 0 Å². The van der Waals surface area contributed by atoms with Gasteiger partial charge in [0.1, 0.15) is 6.10 Å². The summed E-state index contributed by atoms with van der Waals surface area (Å²) in [7, 11) is 0. The van der Waals surface area contributed by atoms with Gasteiger partial charge in [0.2, 0.25) is 0 Å². The van der Waals surface area contributed by atoms with Gasteiger partial charge in [-0.1, -0.05) is 18.2 Å². The van der Waals surface area contributed by atoms with Crippen LogP contribution in [0.4, 0.5) is 0 Å². The number of carbonyl (C=O) groups excluding carboxylic acids is 1. The number of nitrogens with one attached hydrogen (secondary N) is 1. The molecule has 0 saturated carbocycles. The number of aromatic nitrogens is 3. The van der Waals surface area contributed by atoms with Crippen LogP contribution in [0.1, 0.15) is 27.8 Å². The predicted molar refractivity (Wildman–Crippen MR) is 95.9 cm³/mol. The molecule has 2 aromatic heterocycles. The summed E-state index contributed by atoms with van der Waals surface area (Å²) in [5.41, 5.74) is 1.85. The summed E-state index contributed by atoms with van der Waals surface area (Å²) in [5, 5.41) is 7.45. The molecular weight excluding hydrogens is 332 g/mol. The van der Waals surface area contributed by atoms with Crippen LogP contribution in [0.5, 0.6) is 0 Å². The van der Waals surface area contributed by atoms with Crippen molar-refractivity contribution < 1.29 is 9.53 Å². The van der Waals surface area contributed by atoms with Gasteiger partial charge in [0.15, 0.2) is 5.69 Å². The zero-order chi connectivity index (χ0) is 18.1. The van der Waals surface area contributed by atoms with E-state index in [1.807, 2.05) is 19.1 Å². The molecule has 7 heteroatoms. The van der Waals surface area contributed by atoms with Crippen LogP contribution in [0.15, 0.2) is 47.4 Å². The number of nitrogens with zero attached hydrogens (tertiary/aromatic N) is 3. The number of aromatic amines is 1. The predicted octanol–water partition coefficient (Wildman–Crippen LogP) is 1.84. The molecule has 1 amide bonds. The van der Waals surface area contributed by atoms with E-state index in [1.54, 1.807) is 35.4 Å². The highest BCUT2D eigenvalue weighted by atomic mass is 16.5. The van der Waals surface area contributed by atoms with Crippen molar-refractivity contribution in [2.45, 2.75) is 13.0 Å². The monoisotopic (exact) mass is 350 g/mol. The van der Waals surface area contributed by atoms with Crippen LogP contribution in [0.25, 0.3) is 10.8 Å². The van der Waals surface area contributed by atoms with Crippen LogP contribution >= 0.6 is 0 Å². The minimum Gasteiger partial charge on any atom is -0.370 e. The van der Waals surface area contributed by atoms with Gasteiger partial charge < -0.3 is 9.64 Å². The maximum absolute atomic E-state index is 13.0. The minimum atomic E-state index is -0.302. The Morgan fingerprint density at radius 1 is 1.27 bits per heavy atom. The fourth-order valence-corrected chi connectivity index (χ4v) is 3.23. The summed E-state index contributed by atoms with van der Waals surface area (Å²) in [6.45, 7) is 3.27. The highest BCUT2D eigenvalue weighted by molar-refractivity contribution is 6.04. The zero-order valence-corrected chi connectivity index (χ0v) is 14.3. The maximum Gasteiger partial charge on any atom is 0.275 e. The molecule has 3 aromatic rings. The first-order chi connectivity index (χ1) is 12.6. The Morgan fingerprint density at radius 3 is 2.88 bits per heavy atom. The molecule has 1 aromatic carbocycles. The van der Waals surface area contributed by atoms with Crippen molar-refractivity contribution >= 4 is 16.7 Å². The van der Waals surface area contributed by atoms with E-state index in [0.29, 0.717) is 30.5 Å². The Balaban J connectivity index is 1.65. The van der Waals surface area contributed by atoms with Crippen LogP contribution in [-0.4, -0.2) is 45.7 Å². The minimum absolute atomic E-state index is 0.205. The summed E-state index contributed by atoms with van der Waals surface area (Å²) >= 11 is 0. The second-order valence-electron chi connectivity index (χ2n) is 6.29. The molecule has 3 heterocycles. The number of morpholine rings is 1. The van der Waals surface area contributed by atoms with E-state index in [9.17, 15) is 9.59 Å². The van der Waals surface area contributed by atoms with Gasteiger partial charge >= 0.3 is 0 Å². The molecule has 0 spiro atoms. The second kappa shape index (κ2) is 6.68. The number of pyridine rings is 1. The Hall–Kier alpha value is -3.06. The van der Waals surface area contributed by atoms with E-state index < -0.39 is 0 Å². The fourth-order valence-electron chi connectivity index (χ4n) is 3.23. The lowest BCUT2D eigenvalue weighted by Gasteiger charge is -2.33. The molecule has 132 valence electrons. The zero-order valence-electron chi connectivity index (χ0n) is 14.3. The third kappa shape index (κ3) is 2.97. The lowest BCUT2D eigenvalue weighted by Crippen LogP contribution is -2.43. The van der Waals surface area contributed by atoms with Gasteiger partial charge in [-0.15, -0.1) is 0 Å². The molecule has 4 rings (SSSR count). The number of H-pyrrole nitrogens is 1. The normalized spacial score (nSPS) is 17.4. The molecular formula is C19H18N4O3. The third-order valence-electron chi connectivity index (χ3n) is 4.54. The van der Waals surface area contributed by atoms with Crippen molar-refractivity contribution in [2.75, 3.05) is 19.7 Å². The molecule has 1 saturated heterocycles. The largest absolute Gasteiger partial charge is 0.370 e. The lowest BCUT2D eigenvalue weighted by molar-refractivity contribution is -0.0230. The molecule has 0 unspecified atom stereocenters. The van der Waals surface area contributed by atoms with Crippen LogP contribution in [0.3, 0.4) is 0 Å². The first-order valence-corrected chi connectivity index (χ1v) is 8.44. The number of aryl methyl sites for hydroxylation is 1. The first-order valence-electron chi connectivity index (χ1n) is 8.44. The SMILES string of the molecule is Cc1cc([C@H]2CN(C(=O)c3n[nH]c(=O)c4ccccc34)CCO2)ccn1. The Labute approximate surface area is 149 Å². The summed E-state index contributed by atoms with van der Waals surface area (Å²) in [4.78, 5) is 30.9. The number of fused-ring (bicyclic) bond motifs is 1. The van der Waals surface area contributed by atoms with Crippen molar-refractivity contribution in [1.82, 2.24) is 20.1 Å². The van der Waals surface area contributed by atoms with E-state index in [4.69, 9.17) is 4.74 Å². The standard InChI is InChI=1S/C19H18N4O3/c1-12-10-13(6-7-20-12)16-11-23(8-9-26-16)19(25)17-14-4-2-3-5-15(14)18(24)22-21-17/h2-7,10,16H,8-9,11H2,1H3,(H,22,24)/t16-/m1/s1. The average molecular weight is 350 g/mol. The van der Waals surface area contributed by atoms with Gasteiger partial charge in [0.05, 0.1) is 18.5 Å². The quantitative estimate of drug-likeness (QED) is 0.762. The topological polar surface area (TPSA) is 88.2 Å². The third-order valence-corrected chi connectivity index (χ3v) is 4.54. The van der Waals surface area contributed by atoms with E-state index in [0.717, 1.165) is 11.3 Å². The smallest absolute Gasteiger partial charge is 0.275 e. The number of hydrogen-bond donors (Lipinski definition) is 1. The van der Waals surface area contributed by atoms with Gasteiger partial charge in [-0.05, 0) is 30.7 Å². The van der Waals surface area contributed by atoms with Crippen molar-refractivity contribution in [3.05, 3.63) is 69.9 Å². The summed E-state index contributed by atoms with van der Waals surface area (Å²) < 4.78 is 5.84. The van der Waals surface area contributed by atoms with E-state index >= 15 is 0 Å². The molecule has 1 aliphatic heterocycles. The Bertz CT molecular complexity index is 1030. The van der Waals surface area contributed by atoms with Gasteiger partial charge in [-0.3, -0.25) is 14.6 Å². The molecule has 7 nitrogen and oxygen atoms in total. The Morgan fingerprint density at radius 2 is 2.08 bits per heavy atom. The summed E-state index contributed by atoms with van der Waals surface area (Å²) in [5.74, 6) is -0.212. The molecule has 0 aliphatic carbocycles. The van der Waals surface area contributed by atoms with E-state index in [-0.39, 0.29) is 23.3 Å². The van der Waals surface area contributed by atoms with Gasteiger partial charge in [0.25, 0.3) is 11.5 Å². The van der Waals surface area contributed by atoms with Gasteiger partial charge in [-0.2, -0.15) is 5.10 Å². The average Bonchev–Trinajstić information content (AvgIpc) is 2.68. The molecule has 1 N–H and O–H groups in total. The highest BCUT2D eigenvalue weighted by Gasteiger charge is 2.28. The number of benzene rings is 1. The fraction of sp³-hybridized carbons (Fsp3) is 0.263. The summed E-state index contributed by atoms with van der Waals surface area (Å²) in [6.07, 6.45) is 1.54. The van der Waals surface area contributed by atoms with E-state index in [2.05, 4.69) is 15.2 Å². The lowest BCUT2D eigenvalue weighted by atomic mass is 10.1. The van der Waals surface area contributed by atoms with Gasteiger partial charge in [0, 0.05) is 23.8 Å². The number of hydrogen-bond acceptors (Lipinski definition) is 5. The molecule has 26 heavy (non-hydrogen) atoms. The van der Waals surface area contributed by atoms with Crippen molar-refractivity contribution in [1.29, 1.82) is 0 Å². The molecule has 1 aliphatic rings. The maximum atomic E-state index is 13.0. The molecule has 1 atom stereocenters. The number of carbonyl (C=O) groups is 1. The molecule has 0 bridgehead atoms. The van der Waals surface area contributed by atoms with Crippen LogP contribution < -0.4 is 5.56 Å².